The lowest BCUT2D eigenvalue weighted by Crippen LogP contribution is -2.06. The molecule has 0 aromatic carbocycles. The van der Waals surface area contributed by atoms with Gasteiger partial charge in [-0.2, -0.15) is 0 Å². The predicted molar refractivity (Wildman–Crippen MR) is 55.3 cm³/mol. The van der Waals surface area contributed by atoms with Gasteiger partial charge in [0.05, 0.1) is 19.6 Å². The Labute approximate surface area is 86.0 Å². The number of esters is 1. The third-order valence-electron chi connectivity index (χ3n) is 1.28. The summed E-state index contributed by atoms with van der Waals surface area (Å²) < 4.78 is 4.54. The van der Waals surface area contributed by atoms with E-state index in [2.05, 4.69) is 14.7 Å². The molecule has 0 N–H and O–H groups in total. The topological polar surface area (TPSA) is 54.8 Å². The van der Waals surface area contributed by atoms with Gasteiger partial charge >= 0.3 is 5.97 Å². The summed E-state index contributed by atoms with van der Waals surface area (Å²) in [6, 6.07) is 0. The maximum Gasteiger partial charge on any atom is 0.349 e. The minimum atomic E-state index is -0.381. The number of ether oxygens (including phenoxy) is 1. The van der Waals surface area contributed by atoms with Crippen LogP contribution < -0.4 is 0 Å². The molecule has 0 radical (unpaired) electrons. The second kappa shape index (κ2) is 4.71. The van der Waals surface area contributed by atoms with Crippen molar-refractivity contribution in [2.45, 2.75) is 0 Å². The zero-order chi connectivity index (χ0) is 10.6. The molecule has 1 aromatic rings. The second-order valence-corrected chi connectivity index (χ2v) is 3.72. The Morgan fingerprint density at radius 3 is 3.00 bits per heavy atom. The summed E-state index contributed by atoms with van der Waals surface area (Å²) in [6.45, 7) is 0. The smallest absolute Gasteiger partial charge is 0.349 e. The minimum Gasteiger partial charge on any atom is -0.465 e. The van der Waals surface area contributed by atoms with Crippen LogP contribution in [0.25, 0.3) is 0 Å². The molecule has 0 spiro atoms. The van der Waals surface area contributed by atoms with E-state index in [1.54, 1.807) is 11.2 Å². The number of nitrogens with zero attached hydrogens (tertiary/aromatic N) is 3. The highest BCUT2D eigenvalue weighted by Gasteiger charge is 2.09. The SMILES string of the molecule is COC(=O)c1cnc(N=CN(C)C)s1. The van der Waals surface area contributed by atoms with Gasteiger partial charge in [-0.25, -0.2) is 14.8 Å². The van der Waals surface area contributed by atoms with Gasteiger partial charge in [-0.15, -0.1) is 0 Å². The van der Waals surface area contributed by atoms with E-state index >= 15 is 0 Å². The molecule has 0 aliphatic rings. The van der Waals surface area contributed by atoms with Crippen molar-refractivity contribution in [3.05, 3.63) is 11.1 Å². The van der Waals surface area contributed by atoms with Crippen molar-refractivity contribution in [1.29, 1.82) is 0 Å². The number of carbonyl (C=O) groups is 1. The van der Waals surface area contributed by atoms with Crippen molar-refractivity contribution in [3.63, 3.8) is 0 Å². The van der Waals surface area contributed by atoms with E-state index in [1.165, 1.54) is 24.6 Å². The molecule has 0 saturated heterocycles. The minimum absolute atomic E-state index is 0.381. The molecule has 5 nitrogen and oxygen atoms in total. The lowest BCUT2D eigenvalue weighted by atomic mass is 10.6. The first-order valence-electron chi connectivity index (χ1n) is 3.88. The van der Waals surface area contributed by atoms with Crippen molar-refractivity contribution in [2.75, 3.05) is 21.2 Å². The number of rotatable bonds is 3. The monoisotopic (exact) mass is 213 g/mol. The van der Waals surface area contributed by atoms with Crippen molar-refractivity contribution in [1.82, 2.24) is 9.88 Å². The van der Waals surface area contributed by atoms with Gasteiger partial charge in [-0.1, -0.05) is 11.3 Å². The van der Waals surface area contributed by atoms with Crippen LogP contribution in [0.2, 0.25) is 0 Å². The Balaban J connectivity index is 2.73. The van der Waals surface area contributed by atoms with Crippen LogP contribution in [-0.2, 0) is 4.74 Å². The maximum atomic E-state index is 11.1. The molecule has 0 bridgehead atoms. The molecule has 76 valence electrons. The van der Waals surface area contributed by atoms with Gasteiger partial charge in [0.15, 0.2) is 0 Å². The van der Waals surface area contributed by atoms with Crippen molar-refractivity contribution >= 4 is 28.8 Å². The molecule has 0 unspecified atom stereocenters. The van der Waals surface area contributed by atoms with E-state index < -0.39 is 0 Å². The first-order valence-corrected chi connectivity index (χ1v) is 4.70. The average Bonchev–Trinajstić information content (AvgIpc) is 2.62. The fourth-order valence-electron chi connectivity index (χ4n) is 0.684. The number of aromatic nitrogens is 1. The zero-order valence-electron chi connectivity index (χ0n) is 8.22. The Kier molecular flexibility index (Phi) is 3.58. The third kappa shape index (κ3) is 2.81. The van der Waals surface area contributed by atoms with Crippen LogP contribution in [0.5, 0.6) is 0 Å². The molecule has 0 atom stereocenters. The summed E-state index contributed by atoms with van der Waals surface area (Å²) in [4.78, 5) is 21.3. The van der Waals surface area contributed by atoms with Crippen LogP contribution in [0, 0.1) is 0 Å². The van der Waals surface area contributed by atoms with Gasteiger partial charge in [-0.05, 0) is 0 Å². The summed E-state index contributed by atoms with van der Waals surface area (Å²) in [5.74, 6) is -0.381. The lowest BCUT2D eigenvalue weighted by molar-refractivity contribution is 0.0606. The summed E-state index contributed by atoms with van der Waals surface area (Å²) in [5.41, 5.74) is 0. The highest BCUT2D eigenvalue weighted by molar-refractivity contribution is 7.17. The summed E-state index contributed by atoms with van der Waals surface area (Å²) in [6.07, 6.45) is 3.08. The number of aliphatic imine (C=N–C) groups is 1. The molecule has 6 heteroatoms. The third-order valence-corrected chi connectivity index (χ3v) is 2.16. The summed E-state index contributed by atoms with van der Waals surface area (Å²) >= 11 is 1.20. The highest BCUT2D eigenvalue weighted by Crippen LogP contribution is 2.20. The molecule has 0 amide bonds. The first kappa shape index (κ1) is 10.6. The largest absolute Gasteiger partial charge is 0.465 e. The van der Waals surface area contributed by atoms with Crippen LogP contribution >= 0.6 is 11.3 Å². The Hall–Kier alpha value is -1.43. The van der Waals surface area contributed by atoms with E-state index in [1.807, 2.05) is 14.1 Å². The maximum absolute atomic E-state index is 11.1. The van der Waals surface area contributed by atoms with Gasteiger partial charge < -0.3 is 9.64 Å². The van der Waals surface area contributed by atoms with E-state index in [0.717, 1.165) is 0 Å². The van der Waals surface area contributed by atoms with E-state index in [4.69, 9.17) is 0 Å². The molecule has 0 fully saturated rings. The highest BCUT2D eigenvalue weighted by atomic mass is 32.1. The quantitative estimate of drug-likeness (QED) is 0.429. The Bertz CT molecular complexity index is 346. The molecule has 0 saturated carbocycles. The second-order valence-electron chi connectivity index (χ2n) is 2.71. The Morgan fingerprint density at radius 2 is 2.43 bits per heavy atom. The number of hydrogen-bond acceptors (Lipinski definition) is 5. The van der Waals surface area contributed by atoms with Gasteiger partial charge in [-0.3, -0.25) is 0 Å². The normalized spacial score (nSPS) is 10.5. The lowest BCUT2D eigenvalue weighted by Gasteiger charge is -1.99. The van der Waals surface area contributed by atoms with Crippen LogP contribution in [-0.4, -0.2) is 43.4 Å². The van der Waals surface area contributed by atoms with Gasteiger partial charge in [0.25, 0.3) is 0 Å². The fourth-order valence-corrected chi connectivity index (χ4v) is 1.36. The zero-order valence-corrected chi connectivity index (χ0v) is 9.04. The molecular weight excluding hydrogens is 202 g/mol. The molecule has 1 heterocycles. The number of hydrogen-bond donors (Lipinski definition) is 0. The summed E-state index contributed by atoms with van der Waals surface area (Å²) in [5, 5.41) is 0.541. The standard InChI is InChI=1S/C8H11N3O2S/c1-11(2)5-10-8-9-4-6(14-8)7(12)13-3/h4-5H,1-3H3. The molecule has 14 heavy (non-hydrogen) atoms. The molecule has 0 aliphatic carbocycles. The van der Waals surface area contributed by atoms with Gasteiger partial charge in [0.2, 0.25) is 5.13 Å². The fraction of sp³-hybridized carbons (Fsp3) is 0.375. The summed E-state index contributed by atoms with van der Waals surface area (Å²) in [7, 11) is 5.06. The van der Waals surface area contributed by atoms with Crippen molar-refractivity contribution in [3.8, 4) is 0 Å². The number of carbonyl (C=O) groups excluding carboxylic acids is 1. The van der Waals surface area contributed by atoms with Crippen LogP contribution in [0.15, 0.2) is 11.2 Å². The number of thiazole rings is 1. The van der Waals surface area contributed by atoms with Crippen LogP contribution in [0.4, 0.5) is 5.13 Å². The van der Waals surface area contributed by atoms with Crippen LogP contribution in [0.3, 0.4) is 0 Å². The Morgan fingerprint density at radius 1 is 1.71 bits per heavy atom. The van der Waals surface area contributed by atoms with E-state index in [0.29, 0.717) is 10.0 Å². The van der Waals surface area contributed by atoms with Crippen molar-refractivity contribution < 1.29 is 9.53 Å². The molecular formula is C8H11N3O2S. The van der Waals surface area contributed by atoms with Crippen LogP contribution in [0.1, 0.15) is 9.67 Å². The molecule has 1 rings (SSSR count). The van der Waals surface area contributed by atoms with Gasteiger partial charge in [0, 0.05) is 14.1 Å². The van der Waals surface area contributed by atoms with Crippen molar-refractivity contribution in [2.24, 2.45) is 4.99 Å². The van der Waals surface area contributed by atoms with E-state index in [9.17, 15) is 4.79 Å². The average molecular weight is 213 g/mol. The van der Waals surface area contributed by atoms with Gasteiger partial charge in [0.1, 0.15) is 4.88 Å². The predicted octanol–water partition coefficient (Wildman–Crippen LogP) is 1.15. The van der Waals surface area contributed by atoms with E-state index in [-0.39, 0.29) is 5.97 Å². The number of methoxy groups -OCH3 is 1. The molecule has 1 aromatic heterocycles. The first-order chi connectivity index (χ1) is 6.63. The molecule has 0 aliphatic heterocycles.